The van der Waals surface area contributed by atoms with E-state index in [9.17, 15) is 18.0 Å². The van der Waals surface area contributed by atoms with Crippen molar-refractivity contribution in [2.75, 3.05) is 24.2 Å². The zero-order chi connectivity index (χ0) is 26.2. The van der Waals surface area contributed by atoms with Crippen molar-refractivity contribution in [2.45, 2.75) is 59.2 Å². The molecule has 35 heavy (non-hydrogen) atoms. The van der Waals surface area contributed by atoms with E-state index in [-0.39, 0.29) is 18.5 Å². The number of nitrogens with one attached hydrogen (secondary N) is 1. The molecule has 192 valence electrons. The van der Waals surface area contributed by atoms with Crippen LogP contribution in [-0.2, 0) is 26.2 Å². The molecule has 0 fully saturated rings. The maximum atomic E-state index is 13.7. The predicted octanol–water partition coefficient (Wildman–Crippen LogP) is 3.49. The van der Waals surface area contributed by atoms with Crippen molar-refractivity contribution < 1.29 is 22.7 Å². The highest BCUT2D eigenvalue weighted by atomic mass is 32.2. The van der Waals surface area contributed by atoms with Crippen LogP contribution in [0, 0.1) is 6.92 Å². The fourth-order valence-electron chi connectivity index (χ4n) is 3.69. The van der Waals surface area contributed by atoms with Gasteiger partial charge < -0.3 is 15.0 Å². The summed E-state index contributed by atoms with van der Waals surface area (Å²) in [6, 6.07) is 13.3. The van der Waals surface area contributed by atoms with Crippen LogP contribution in [0.2, 0.25) is 0 Å². The fraction of sp³-hybridized carbons (Fsp3) is 0.462. The summed E-state index contributed by atoms with van der Waals surface area (Å²) in [6.07, 6.45) is 2.21. The van der Waals surface area contributed by atoms with Crippen LogP contribution >= 0.6 is 0 Å². The Morgan fingerprint density at radius 2 is 1.66 bits per heavy atom. The molecule has 0 aliphatic rings. The summed E-state index contributed by atoms with van der Waals surface area (Å²) in [4.78, 5) is 28.3. The lowest BCUT2D eigenvalue weighted by Gasteiger charge is -2.33. The van der Waals surface area contributed by atoms with Crippen molar-refractivity contribution in [1.82, 2.24) is 10.2 Å². The summed E-state index contributed by atoms with van der Waals surface area (Å²) in [7, 11) is -2.26. The molecule has 0 bridgehead atoms. The van der Waals surface area contributed by atoms with Gasteiger partial charge in [-0.3, -0.25) is 13.9 Å². The van der Waals surface area contributed by atoms with Crippen molar-refractivity contribution in [3.05, 3.63) is 59.7 Å². The van der Waals surface area contributed by atoms with E-state index in [0.29, 0.717) is 17.9 Å². The third kappa shape index (κ3) is 7.71. The van der Waals surface area contributed by atoms with Gasteiger partial charge in [-0.25, -0.2) is 8.42 Å². The van der Waals surface area contributed by atoms with E-state index in [4.69, 9.17) is 4.74 Å². The van der Waals surface area contributed by atoms with E-state index in [1.165, 1.54) is 12.0 Å². The Bertz CT molecular complexity index is 1100. The molecule has 2 aromatic carbocycles. The molecule has 9 heteroatoms. The highest BCUT2D eigenvalue weighted by molar-refractivity contribution is 7.92. The van der Waals surface area contributed by atoms with Crippen LogP contribution in [0.4, 0.5) is 5.69 Å². The predicted molar refractivity (Wildman–Crippen MR) is 139 cm³/mol. The van der Waals surface area contributed by atoms with Gasteiger partial charge in [-0.1, -0.05) is 38.1 Å². The Kier molecular flexibility index (Phi) is 10.1. The van der Waals surface area contributed by atoms with Crippen LogP contribution in [0.1, 0.15) is 44.7 Å². The second kappa shape index (κ2) is 12.6. The number of hydrogen-bond donors (Lipinski definition) is 1. The number of sulfonamides is 1. The summed E-state index contributed by atoms with van der Waals surface area (Å²) in [6.45, 7) is 7.44. The number of hydrogen-bond acceptors (Lipinski definition) is 5. The largest absolute Gasteiger partial charge is 0.497 e. The quantitative estimate of drug-likeness (QED) is 0.478. The van der Waals surface area contributed by atoms with E-state index < -0.39 is 28.5 Å². The molecule has 1 N–H and O–H groups in total. The number of rotatable bonds is 12. The molecule has 2 unspecified atom stereocenters. The molecule has 8 nitrogen and oxygen atoms in total. The molecule has 2 rings (SSSR count). The molecular weight excluding hydrogens is 466 g/mol. The molecule has 0 aliphatic heterocycles. The lowest BCUT2D eigenvalue weighted by atomic mass is 10.1. The monoisotopic (exact) mass is 503 g/mol. The number of carbonyl (C=O) groups is 2. The number of ether oxygens (including phenoxy) is 1. The molecule has 0 spiro atoms. The molecule has 0 saturated heterocycles. The molecule has 0 aliphatic carbocycles. The molecule has 2 amide bonds. The van der Waals surface area contributed by atoms with Crippen molar-refractivity contribution in [3.8, 4) is 5.75 Å². The minimum atomic E-state index is -3.78. The van der Waals surface area contributed by atoms with Gasteiger partial charge in [0.05, 0.1) is 19.1 Å². The fourth-order valence-corrected chi connectivity index (χ4v) is 4.54. The molecule has 0 radical (unpaired) electrons. The number of carbonyl (C=O) groups excluding carboxylic acids is 2. The van der Waals surface area contributed by atoms with Gasteiger partial charge in [0, 0.05) is 12.6 Å². The van der Waals surface area contributed by atoms with Gasteiger partial charge in [0.1, 0.15) is 18.3 Å². The zero-order valence-corrected chi connectivity index (χ0v) is 22.3. The summed E-state index contributed by atoms with van der Waals surface area (Å²) < 4.78 is 31.5. The van der Waals surface area contributed by atoms with Crippen LogP contribution < -0.4 is 14.4 Å². The molecular formula is C26H37N3O5S. The maximum Gasteiger partial charge on any atom is 0.244 e. The third-order valence-corrected chi connectivity index (χ3v) is 7.17. The Morgan fingerprint density at radius 3 is 2.17 bits per heavy atom. The van der Waals surface area contributed by atoms with E-state index in [1.54, 1.807) is 24.3 Å². The summed E-state index contributed by atoms with van der Waals surface area (Å²) >= 11 is 0. The lowest BCUT2D eigenvalue weighted by molar-refractivity contribution is -0.140. The SMILES string of the molecule is CCC(C)NC(=O)C(CC)N(Cc1ccccc1C)C(=O)CN(c1ccc(OC)cc1)S(C)(=O)=O. The molecule has 2 aromatic rings. The first-order valence-corrected chi connectivity index (χ1v) is 13.6. The van der Waals surface area contributed by atoms with Crippen LogP contribution in [0.15, 0.2) is 48.5 Å². The Morgan fingerprint density at radius 1 is 1.03 bits per heavy atom. The van der Waals surface area contributed by atoms with Crippen LogP contribution in [0.5, 0.6) is 5.75 Å². The van der Waals surface area contributed by atoms with Crippen molar-refractivity contribution in [3.63, 3.8) is 0 Å². The van der Waals surface area contributed by atoms with E-state index in [1.807, 2.05) is 52.0 Å². The number of methoxy groups -OCH3 is 1. The lowest BCUT2D eigenvalue weighted by Crippen LogP contribution is -2.53. The average Bonchev–Trinajstić information content (AvgIpc) is 2.82. The van der Waals surface area contributed by atoms with Crippen LogP contribution in [0.3, 0.4) is 0 Å². The number of nitrogens with zero attached hydrogens (tertiary/aromatic N) is 2. The normalized spacial score (nSPS) is 13.0. The van der Waals surface area contributed by atoms with Gasteiger partial charge >= 0.3 is 0 Å². The summed E-state index contributed by atoms with van der Waals surface area (Å²) in [5.74, 6) is -0.137. The molecule has 0 saturated carbocycles. The average molecular weight is 504 g/mol. The standard InChI is InChI=1S/C26H37N3O5S/c1-7-20(4)27-26(31)24(8-2)28(17-21-12-10-9-11-19(21)3)25(30)18-29(35(6,32)33)22-13-15-23(34-5)16-14-22/h9-16,20,24H,7-8,17-18H2,1-6H3,(H,27,31). The second-order valence-corrected chi connectivity index (χ2v) is 10.6. The first-order chi connectivity index (χ1) is 16.5. The van der Waals surface area contributed by atoms with Gasteiger partial charge in [-0.15, -0.1) is 0 Å². The highest BCUT2D eigenvalue weighted by Gasteiger charge is 2.32. The van der Waals surface area contributed by atoms with Crippen molar-refractivity contribution in [2.24, 2.45) is 0 Å². The Labute approximate surface area is 209 Å². The first kappa shape index (κ1) is 28.2. The number of benzene rings is 2. The maximum absolute atomic E-state index is 13.7. The van der Waals surface area contributed by atoms with Crippen molar-refractivity contribution in [1.29, 1.82) is 0 Å². The summed E-state index contributed by atoms with van der Waals surface area (Å²) in [5.41, 5.74) is 2.22. The zero-order valence-electron chi connectivity index (χ0n) is 21.4. The van der Waals surface area contributed by atoms with Gasteiger partial charge in [0.15, 0.2) is 0 Å². The second-order valence-electron chi connectivity index (χ2n) is 8.66. The van der Waals surface area contributed by atoms with Crippen LogP contribution in [0.25, 0.3) is 0 Å². The topological polar surface area (TPSA) is 96.0 Å². The Balaban J connectivity index is 2.44. The van der Waals surface area contributed by atoms with Crippen molar-refractivity contribution >= 4 is 27.5 Å². The van der Waals surface area contributed by atoms with Gasteiger partial charge in [0.25, 0.3) is 0 Å². The Hall–Kier alpha value is -3.07. The first-order valence-electron chi connectivity index (χ1n) is 11.8. The minimum Gasteiger partial charge on any atom is -0.497 e. The smallest absolute Gasteiger partial charge is 0.244 e. The number of anilines is 1. The third-order valence-electron chi connectivity index (χ3n) is 6.03. The van der Waals surface area contributed by atoms with Gasteiger partial charge in [-0.2, -0.15) is 0 Å². The number of aryl methyl sites for hydroxylation is 1. The highest BCUT2D eigenvalue weighted by Crippen LogP contribution is 2.23. The molecule has 0 heterocycles. The van der Waals surface area contributed by atoms with E-state index in [0.717, 1.165) is 28.1 Å². The van der Waals surface area contributed by atoms with Gasteiger partial charge in [0.2, 0.25) is 21.8 Å². The molecule has 0 aromatic heterocycles. The van der Waals surface area contributed by atoms with E-state index in [2.05, 4.69) is 5.32 Å². The summed E-state index contributed by atoms with van der Waals surface area (Å²) in [5, 5.41) is 2.97. The number of amides is 2. The van der Waals surface area contributed by atoms with E-state index >= 15 is 0 Å². The molecule has 2 atom stereocenters. The van der Waals surface area contributed by atoms with Crippen LogP contribution in [-0.4, -0.2) is 57.1 Å². The van der Waals surface area contributed by atoms with Gasteiger partial charge in [-0.05, 0) is 62.1 Å². The minimum absolute atomic E-state index is 0.0428.